The van der Waals surface area contributed by atoms with Gasteiger partial charge in [-0.2, -0.15) is 0 Å². The zero-order valence-corrected chi connectivity index (χ0v) is 11.2. The Bertz CT molecular complexity index is 459. The lowest BCUT2D eigenvalue weighted by atomic mass is 10.2. The Balaban J connectivity index is 2.90. The summed E-state index contributed by atoms with van der Waals surface area (Å²) in [5, 5.41) is 12.8. The van der Waals surface area contributed by atoms with Gasteiger partial charge in [-0.15, -0.1) is 0 Å². The molecule has 0 aromatic carbocycles. The molecular weight excluding hydrogens is 244 g/mol. The number of nitrogens with one attached hydrogen (secondary N) is 1. The molecule has 0 bridgehead atoms. The molecule has 0 radical (unpaired) electrons. The maximum absolute atomic E-state index is 12.0. The Hall–Kier alpha value is -0.920. The SMILES string of the molecule is Cc1noc(C)c1S(=O)(=O)NC(C)CC(C)O. The summed E-state index contributed by atoms with van der Waals surface area (Å²) in [7, 11) is -3.64. The maximum atomic E-state index is 12.0. The third-order valence-corrected chi connectivity index (χ3v) is 4.12. The fourth-order valence-electron chi connectivity index (χ4n) is 1.74. The van der Waals surface area contributed by atoms with Crippen LogP contribution in [0.1, 0.15) is 31.7 Å². The molecule has 1 aromatic heterocycles. The van der Waals surface area contributed by atoms with Gasteiger partial charge in [0.25, 0.3) is 0 Å². The molecule has 1 rings (SSSR count). The molecule has 0 aliphatic heterocycles. The van der Waals surface area contributed by atoms with E-state index in [4.69, 9.17) is 4.52 Å². The van der Waals surface area contributed by atoms with E-state index in [9.17, 15) is 13.5 Å². The molecule has 1 heterocycles. The van der Waals surface area contributed by atoms with E-state index in [0.717, 1.165) is 0 Å². The largest absolute Gasteiger partial charge is 0.393 e. The van der Waals surface area contributed by atoms with E-state index in [-0.39, 0.29) is 16.7 Å². The van der Waals surface area contributed by atoms with E-state index in [1.165, 1.54) is 0 Å². The molecule has 0 amide bonds. The fourth-order valence-corrected chi connectivity index (χ4v) is 3.33. The second-order valence-electron chi connectivity index (χ2n) is 4.26. The highest BCUT2D eigenvalue weighted by molar-refractivity contribution is 7.89. The highest BCUT2D eigenvalue weighted by Gasteiger charge is 2.25. The van der Waals surface area contributed by atoms with Crippen molar-refractivity contribution in [2.75, 3.05) is 0 Å². The van der Waals surface area contributed by atoms with Crippen molar-refractivity contribution in [2.24, 2.45) is 0 Å². The highest BCUT2D eigenvalue weighted by Crippen LogP contribution is 2.19. The van der Waals surface area contributed by atoms with Crippen molar-refractivity contribution in [1.29, 1.82) is 0 Å². The number of aromatic nitrogens is 1. The van der Waals surface area contributed by atoms with Crippen LogP contribution in [0.15, 0.2) is 9.42 Å². The third-order valence-electron chi connectivity index (χ3n) is 2.29. The topological polar surface area (TPSA) is 92.4 Å². The van der Waals surface area contributed by atoms with Crippen molar-refractivity contribution < 1.29 is 18.0 Å². The van der Waals surface area contributed by atoms with Crippen molar-refractivity contribution in [3.05, 3.63) is 11.5 Å². The highest BCUT2D eigenvalue weighted by atomic mass is 32.2. The summed E-state index contributed by atoms with van der Waals surface area (Å²) in [5.41, 5.74) is 0.333. The average molecular weight is 262 g/mol. The molecule has 2 unspecified atom stereocenters. The average Bonchev–Trinajstić information content (AvgIpc) is 2.43. The van der Waals surface area contributed by atoms with Crippen molar-refractivity contribution in [1.82, 2.24) is 9.88 Å². The summed E-state index contributed by atoms with van der Waals surface area (Å²) in [6, 6.07) is -0.353. The van der Waals surface area contributed by atoms with Crippen LogP contribution in [-0.4, -0.2) is 30.8 Å². The molecule has 6 nitrogen and oxygen atoms in total. The molecule has 0 saturated heterocycles. The summed E-state index contributed by atoms with van der Waals surface area (Å²) in [6.07, 6.45) is -0.208. The molecule has 98 valence electrons. The first-order valence-corrected chi connectivity index (χ1v) is 6.85. The standard InChI is InChI=1S/C10H18N2O4S/c1-6(5-7(2)13)12-17(14,15)10-8(3)11-16-9(10)4/h6-7,12-13H,5H2,1-4H3. The van der Waals surface area contributed by atoms with Crippen LogP contribution in [0, 0.1) is 13.8 Å². The first kappa shape index (κ1) is 14.1. The van der Waals surface area contributed by atoms with Gasteiger partial charge in [-0.05, 0) is 34.1 Å². The van der Waals surface area contributed by atoms with Crippen LogP contribution >= 0.6 is 0 Å². The lowest BCUT2D eigenvalue weighted by molar-refractivity contribution is 0.175. The Kier molecular flexibility index (Phi) is 4.29. The molecule has 0 aliphatic carbocycles. The van der Waals surface area contributed by atoms with Gasteiger partial charge in [0.2, 0.25) is 10.0 Å². The number of aliphatic hydroxyl groups excluding tert-OH is 1. The number of nitrogens with zero attached hydrogens (tertiary/aromatic N) is 1. The normalized spacial score (nSPS) is 15.8. The number of hydrogen-bond donors (Lipinski definition) is 2. The summed E-state index contributed by atoms with van der Waals surface area (Å²) in [6.45, 7) is 6.43. The van der Waals surface area contributed by atoms with Gasteiger partial charge in [-0.25, -0.2) is 13.1 Å². The van der Waals surface area contributed by atoms with E-state index < -0.39 is 16.1 Å². The minimum atomic E-state index is -3.64. The molecule has 2 atom stereocenters. The Labute approximate surface area is 101 Å². The van der Waals surface area contributed by atoms with Crippen LogP contribution in [0.5, 0.6) is 0 Å². The minimum Gasteiger partial charge on any atom is -0.393 e. The van der Waals surface area contributed by atoms with Crippen LogP contribution in [0.2, 0.25) is 0 Å². The van der Waals surface area contributed by atoms with Gasteiger partial charge < -0.3 is 9.63 Å². The number of hydrogen-bond acceptors (Lipinski definition) is 5. The quantitative estimate of drug-likeness (QED) is 0.816. The number of rotatable bonds is 5. The van der Waals surface area contributed by atoms with Gasteiger partial charge in [-0.1, -0.05) is 5.16 Å². The molecule has 1 aromatic rings. The fraction of sp³-hybridized carbons (Fsp3) is 0.700. The van der Waals surface area contributed by atoms with Crippen LogP contribution in [0.25, 0.3) is 0 Å². The zero-order valence-electron chi connectivity index (χ0n) is 10.4. The van der Waals surface area contributed by atoms with Gasteiger partial charge in [0, 0.05) is 6.04 Å². The summed E-state index contributed by atoms with van der Waals surface area (Å²) >= 11 is 0. The van der Waals surface area contributed by atoms with E-state index in [1.807, 2.05) is 0 Å². The van der Waals surface area contributed by atoms with Gasteiger partial charge in [0.15, 0.2) is 5.76 Å². The molecule has 0 spiro atoms. The lowest BCUT2D eigenvalue weighted by Gasteiger charge is -2.15. The Morgan fingerprint density at radius 1 is 1.41 bits per heavy atom. The van der Waals surface area contributed by atoms with Crippen LogP contribution < -0.4 is 4.72 Å². The zero-order chi connectivity index (χ0) is 13.2. The van der Waals surface area contributed by atoms with Gasteiger partial charge >= 0.3 is 0 Å². The van der Waals surface area contributed by atoms with E-state index in [1.54, 1.807) is 27.7 Å². The predicted molar refractivity (Wildman–Crippen MR) is 62.1 cm³/mol. The van der Waals surface area contributed by atoms with E-state index >= 15 is 0 Å². The third kappa shape index (κ3) is 3.52. The summed E-state index contributed by atoms with van der Waals surface area (Å²) in [4.78, 5) is 0.0787. The maximum Gasteiger partial charge on any atom is 0.246 e. The van der Waals surface area contributed by atoms with Crippen molar-refractivity contribution in [2.45, 2.75) is 51.2 Å². The van der Waals surface area contributed by atoms with Crippen LogP contribution in [-0.2, 0) is 10.0 Å². The first-order chi connectivity index (χ1) is 7.74. The molecule has 0 fully saturated rings. The molecule has 2 N–H and O–H groups in total. The second kappa shape index (κ2) is 5.16. The van der Waals surface area contributed by atoms with Crippen LogP contribution in [0.3, 0.4) is 0 Å². The van der Waals surface area contributed by atoms with Crippen molar-refractivity contribution in [3.8, 4) is 0 Å². The van der Waals surface area contributed by atoms with E-state index in [2.05, 4.69) is 9.88 Å². The van der Waals surface area contributed by atoms with Crippen LogP contribution in [0.4, 0.5) is 0 Å². The predicted octanol–water partition coefficient (Wildman–Crippen LogP) is 0.729. The number of sulfonamides is 1. The first-order valence-electron chi connectivity index (χ1n) is 5.37. The van der Waals surface area contributed by atoms with Crippen molar-refractivity contribution in [3.63, 3.8) is 0 Å². The van der Waals surface area contributed by atoms with Gasteiger partial charge in [-0.3, -0.25) is 0 Å². The van der Waals surface area contributed by atoms with E-state index in [0.29, 0.717) is 12.1 Å². The molecule has 0 aliphatic rings. The number of aliphatic hydroxyl groups is 1. The molecule has 0 saturated carbocycles. The molecular formula is C10H18N2O4S. The monoisotopic (exact) mass is 262 g/mol. The smallest absolute Gasteiger partial charge is 0.246 e. The second-order valence-corrected chi connectivity index (χ2v) is 5.91. The van der Waals surface area contributed by atoms with Crippen molar-refractivity contribution >= 4 is 10.0 Å². The Morgan fingerprint density at radius 2 is 2.00 bits per heavy atom. The van der Waals surface area contributed by atoms with Gasteiger partial charge in [0.05, 0.1) is 6.10 Å². The molecule has 7 heteroatoms. The van der Waals surface area contributed by atoms with Gasteiger partial charge in [0.1, 0.15) is 10.6 Å². The molecule has 17 heavy (non-hydrogen) atoms. The summed E-state index contributed by atoms with van der Waals surface area (Å²) in [5.74, 6) is 0.263. The Morgan fingerprint density at radius 3 is 2.41 bits per heavy atom. The minimum absolute atomic E-state index is 0.0787. The lowest BCUT2D eigenvalue weighted by Crippen LogP contribution is -2.35. The summed E-state index contributed by atoms with van der Waals surface area (Å²) < 4.78 is 31.4. The number of aryl methyl sites for hydroxylation is 2.